The molecule has 1 fully saturated rings. The summed E-state index contributed by atoms with van der Waals surface area (Å²) in [5, 5.41) is 0.188. The van der Waals surface area contributed by atoms with Crippen LogP contribution >= 0.6 is 23.4 Å². The van der Waals surface area contributed by atoms with E-state index in [9.17, 15) is 14.0 Å². The predicted molar refractivity (Wildman–Crippen MR) is 86.3 cm³/mol. The van der Waals surface area contributed by atoms with Crippen molar-refractivity contribution in [2.24, 2.45) is 0 Å². The number of carbonyl (C=O) groups excluding carboxylic acids is 2. The van der Waals surface area contributed by atoms with E-state index >= 15 is 0 Å². The summed E-state index contributed by atoms with van der Waals surface area (Å²) in [6.45, 7) is 0. The Morgan fingerprint density at radius 2 is 1.64 bits per heavy atom. The summed E-state index contributed by atoms with van der Waals surface area (Å²) >= 11 is 6.66. The van der Waals surface area contributed by atoms with Gasteiger partial charge in [0, 0.05) is 5.02 Å². The van der Waals surface area contributed by atoms with Crippen molar-refractivity contribution in [3.63, 3.8) is 0 Å². The van der Waals surface area contributed by atoms with Gasteiger partial charge in [0.2, 0.25) is 0 Å². The lowest BCUT2D eigenvalue weighted by Crippen LogP contribution is -2.27. The van der Waals surface area contributed by atoms with Crippen molar-refractivity contribution in [3.05, 3.63) is 69.8 Å². The number of thioether (sulfide) groups is 1. The Hall–Kier alpha value is -2.11. The fourth-order valence-corrected chi connectivity index (χ4v) is 2.96. The standard InChI is InChI=1S/C16H9ClFNO2S/c17-11-3-1-10(2-4-11)9-14-15(20)19(16(21)22-14)13-7-5-12(18)6-8-13/h1-9H/b14-9+. The number of carbonyl (C=O) groups is 2. The molecule has 0 aromatic heterocycles. The predicted octanol–water partition coefficient (Wildman–Crippen LogP) is 4.72. The maximum atomic E-state index is 12.9. The van der Waals surface area contributed by atoms with Crippen LogP contribution in [0.2, 0.25) is 5.02 Å². The molecule has 0 saturated carbocycles. The van der Waals surface area contributed by atoms with Crippen LogP contribution in [0.1, 0.15) is 5.56 Å². The van der Waals surface area contributed by atoms with Gasteiger partial charge in [0.15, 0.2) is 0 Å². The highest BCUT2D eigenvalue weighted by Gasteiger charge is 2.36. The van der Waals surface area contributed by atoms with E-state index in [0.717, 1.165) is 22.2 Å². The summed E-state index contributed by atoms with van der Waals surface area (Å²) in [7, 11) is 0. The number of halogens is 2. The zero-order valence-electron chi connectivity index (χ0n) is 11.1. The number of rotatable bonds is 2. The molecule has 110 valence electrons. The Balaban J connectivity index is 1.91. The van der Waals surface area contributed by atoms with Crippen LogP contribution in [0.5, 0.6) is 0 Å². The summed E-state index contributed by atoms with van der Waals surface area (Å²) in [5.41, 5.74) is 1.12. The second kappa shape index (κ2) is 5.94. The third-order valence-corrected chi connectivity index (χ3v) is 4.17. The molecule has 2 aromatic rings. The summed E-state index contributed by atoms with van der Waals surface area (Å²) < 4.78 is 12.9. The van der Waals surface area contributed by atoms with Gasteiger partial charge in [-0.05, 0) is 59.8 Å². The van der Waals surface area contributed by atoms with Gasteiger partial charge >= 0.3 is 0 Å². The number of anilines is 1. The quantitative estimate of drug-likeness (QED) is 0.746. The highest BCUT2D eigenvalue weighted by molar-refractivity contribution is 8.19. The second-order valence-electron chi connectivity index (χ2n) is 4.55. The molecule has 2 amide bonds. The summed E-state index contributed by atoms with van der Waals surface area (Å²) in [6, 6.07) is 12.1. The molecular formula is C16H9ClFNO2S. The largest absolute Gasteiger partial charge is 0.298 e. The van der Waals surface area contributed by atoms with Crippen LogP contribution in [-0.4, -0.2) is 11.1 Å². The van der Waals surface area contributed by atoms with Gasteiger partial charge in [0.05, 0.1) is 10.6 Å². The van der Waals surface area contributed by atoms with E-state index in [2.05, 4.69) is 0 Å². The van der Waals surface area contributed by atoms with Gasteiger partial charge < -0.3 is 0 Å². The Kier molecular flexibility index (Phi) is 4.00. The van der Waals surface area contributed by atoms with Crippen molar-refractivity contribution >= 4 is 46.3 Å². The summed E-state index contributed by atoms with van der Waals surface area (Å²) in [4.78, 5) is 25.8. The zero-order valence-corrected chi connectivity index (χ0v) is 12.7. The third kappa shape index (κ3) is 2.91. The van der Waals surface area contributed by atoms with Gasteiger partial charge in [-0.25, -0.2) is 9.29 Å². The van der Waals surface area contributed by atoms with E-state index in [-0.39, 0.29) is 0 Å². The molecule has 0 bridgehead atoms. The second-order valence-corrected chi connectivity index (χ2v) is 5.97. The normalized spacial score (nSPS) is 16.6. The van der Waals surface area contributed by atoms with Crippen LogP contribution in [0.3, 0.4) is 0 Å². The molecule has 2 aromatic carbocycles. The lowest BCUT2D eigenvalue weighted by Gasteiger charge is -2.11. The number of nitrogens with zero attached hydrogens (tertiary/aromatic N) is 1. The molecule has 22 heavy (non-hydrogen) atoms. The number of imide groups is 1. The van der Waals surface area contributed by atoms with Crippen LogP contribution < -0.4 is 4.90 Å². The Labute approximate surface area is 135 Å². The molecule has 1 aliphatic rings. The monoisotopic (exact) mass is 333 g/mol. The zero-order chi connectivity index (χ0) is 15.7. The van der Waals surface area contributed by atoms with Crippen LogP contribution in [0.4, 0.5) is 14.9 Å². The van der Waals surface area contributed by atoms with E-state index in [4.69, 9.17) is 11.6 Å². The van der Waals surface area contributed by atoms with E-state index in [0.29, 0.717) is 15.6 Å². The van der Waals surface area contributed by atoms with Crippen molar-refractivity contribution in [1.82, 2.24) is 0 Å². The first kappa shape index (κ1) is 14.8. The smallest absolute Gasteiger partial charge is 0.268 e. The van der Waals surface area contributed by atoms with Crippen molar-refractivity contribution in [3.8, 4) is 0 Å². The van der Waals surface area contributed by atoms with Crippen molar-refractivity contribution in [2.75, 3.05) is 4.90 Å². The molecule has 0 spiro atoms. The molecule has 0 N–H and O–H groups in total. The van der Waals surface area contributed by atoms with Gasteiger partial charge in [-0.3, -0.25) is 9.59 Å². The fourth-order valence-electron chi connectivity index (χ4n) is 1.99. The average molecular weight is 334 g/mol. The van der Waals surface area contributed by atoms with Crippen molar-refractivity contribution < 1.29 is 14.0 Å². The van der Waals surface area contributed by atoms with Crippen LogP contribution in [-0.2, 0) is 4.79 Å². The Morgan fingerprint density at radius 3 is 2.27 bits per heavy atom. The lowest BCUT2D eigenvalue weighted by atomic mass is 10.2. The van der Waals surface area contributed by atoms with E-state index < -0.39 is 17.0 Å². The van der Waals surface area contributed by atoms with Gasteiger partial charge in [-0.15, -0.1) is 0 Å². The molecule has 1 aliphatic heterocycles. The Morgan fingerprint density at radius 1 is 1.00 bits per heavy atom. The first-order chi connectivity index (χ1) is 10.5. The third-order valence-electron chi connectivity index (χ3n) is 3.05. The fraction of sp³-hybridized carbons (Fsp3) is 0. The summed E-state index contributed by atoms with van der Waals surface area (Å²) in [6.07, 6.45) is 1.63. The minimum atomic E-state index is -0.424. The highest BCUT2D eigenvalue weighted by atomic mass is 35.5. The molecule has 0 atom stereocenters. The minimum Gasteiger partial charge on any atom is -0.268 e. The summed E-state index contributed by atoms with van der Waals surface area (Å²) in [5.74, 6) is -0.844. The SMILES string of the molecule is O=C1S/C(=C/c2ccc(Cl)cc2)C(=O)N1c1ccc(F)cc1. The Bertz CT molecular complexity index is 772. The number of hydrogen-bond donors (Lipinski definition) is 0. The molecule has 0 aliphatic carbocycles. The van der Waals surface area contributed by atoms with Crippen LogP contribution in [0, 0.1) is 5.82 Å². The van der Waals surface area contributed by atoms with Crippen molar-refractivity contribution in [2.45, 2.75) is 0 Å². The van der Waals surface area contributed by atoms with Crippen LogP contribution in [0.25, 0.3) is 6.08 Å². The van der Waals surface area contributed by atoms with Gasteiger partial charge in [-0.1, -0.05) is 23.7 Å². The van der Waals surface area contributed by atoms with Gasteiger partial charge in [0.25, 0.3) is 11.1 Å². The highest BCUT2D eigenvalue weighted by Crippen LogP contribution is 2.35. The van der Waals surface area contributed by atoms with Crippen LogP contribution in [0.15, 0.2) is 53.4 Å². The maximum Gasteiger partial charge on any atom is 0.298 e. The number of benzene rings is 2. The number of amides is 2. The minimum absolute atomic E-state index is 0.316. The molecule has 1 saturated heterocycles. The molecule has 6 heteroatoms. The van der Waals surface area contributed by atoms with E-state index in [1.54, 1.807) is 30.3 Å². The molecule has 3 nitrogen and oxygen atoms in total. The van der Waals surface area contributed by atoms with E-state index in [1.807, 2.05) is 0 Å². The molecular weight excluding hydrogens is 325 g/mol. The molecule has 1 heterocycles. The molecule has 3 rings (SSSR count). The topological polar surface area (TPSA) is 37.4 Å². The lowest BCUT2D eigenvalue weighted by molar-refractivity contribution is -0.113. The molecule has 0 unspecified atom stereocenters. The maximum absolute atomic E-state index is 12.9. The average Bonchev–Trinajstić information content (AvgIpc) is 2.77. The first-order valence-electron chi connectivity index (χ1n) is 6.34. The van der Waals surface area contributed by atoms with E-state index in [1.165, 1.54) is 24.3 Å². The van der Waals surface area contributed by atoms with Gasteiger partial charge in [0.1, 0.15) is 5.82 Å². The van der Waals surface area contributed by atoms with Crippen molar-refractivity contribution in [1.29, 1.82) is 0 Å². The number of hydrogen-bond acceptors (Lipinski definition) is 3. The van der Waals surface area contributed by atoms with Gasteiger partial charge in [-0.2, -0.15) is 0 Å². The first-order valence-corrected chi connectivity index (χ1v) is 7.53. The molecule has 0 radical (unpaired) electrons.